The molecule has 0 bridgehead atoms. The average Bonchev–Trinajstić information content (AvgIpc) is 3.06. The number of aromatic amines is 1. The Morgan fingerprint density at radius 1 is 0.704 bits per heavy atom. The highest BCUT2D eigenvalue weighted by Crippen LogP contribution is 2.38. The molecule has 0 atom stereocenters. The summed E-state index contributed by atoms with van der Waals surface area (Å²) in [7, 11) is -4.67. The third kappa shape index (κ3) is 3.31. The maximum Gasteiger partial charge on any atom is 0.394 e. The van der Waals surface area contributed by atoms with E-state index in [1.807, 2.05) is 18.2 Å². The molecular formula is C20H15NO5S. The first-order valence-corrected chi connectivity index (χ1v) is 9.46. The van der Waals surface area contributed by atoms with Gasteiger partial charge in [-0.05, 0) is 46.0 Å². The predicted molar refractivity (Wildman–Crippen MR) is 106 cm³/mol. The Bertz CT molecular complexity index is 1360. The van der Waals surface area contributed by atoms with Crippen LogP contribution in [0.4, 0.5) is 0 Å². The zero-order valence-corrected chi connectivity index (χ0v) is 14.7. The summed E-state index contributed by atoms with van der Waals surface area (Å²) >= 11 is 0. The zero-order chi connectivity index (χ0) is 19.2. The Balaban J connectivity index is 0.000000323. The summed E-state index contributed by atoms with van der Waals surface area (Å²) in [6.07, 6.45) is 0. The zero-order valence-electron chi connectivity index (χ0n) is 13.9. The van der Waals surface area contributed by atoms with Gasteiger partial charge in [0.2, 0.25) is 0 Å². The van der Waals surface area contributed by atoms with E-state index >= 15 is 0 Å². The summed E-state index contributed by atoms with van der Waals surface area (Å²) in [6.45, 7) is 0. The summed E-state index contributed by atoms with van der Waals surface area (Å²) in [4.78, 5) is 3.58. The summed E-state index contributed by atoms with van der Waals surface area (Å²) in [6, 6.07) is 22.5. The van der Waals surface area contributed by atoms with Gasteiger partial charge in [0.15, 0.2) is 0 Å². The number of pyridine rings is 1. The van der Waals surface area contributed by atoms with Crippen LogP contribution in [0.2, 0.25) is 0 Å². The smallest absolute Gasteiger partial charge is 0.394 e. The van der Waals surface area contributed by atoms with Crippen LogP contribution in [0.3, 0.4) is 0 Å². The first kappa shape index (κ1) is 17.3. The Morgan fingerprint density at radius 2 is 1.37 bits per heavy atom. The molecular weight excluding hydrogens is 366 g/mol. The molecule has 0 spiro atoms. The van der Waals surface area contributed by atoms with Crippen molar-refractivity contribution >= 4 is 42.8 Å². The third-order valence-electron chi connectivity index (χ3n) is 4.46. The Kier molecular flexibility index (Phi) is 4.00. The van der Waals surface area contributed by atoms with Crippen molar-refractivity contribution < 1.29 is 22.6 Å². The fraction of sp³-hybridized carbons (Fsp3) is 0. The van der Waals surface area contributed by atoms with Gasteiger partial charge < -0.3 is 10.1 Å². The second-order valence-corrected chi connectivity index (χ2v) is 7.07. The standard InChI is InChI=1S/C20H13NO.H2O4S/c22-13-8-9-15-17(11-13)14-5-1-2-6-16(14)20-18(15)10-12-4-3-7-19(12)21-20;1-5(2,3)4/h1-11,21-22H;(H2,1,2,3,4). The Hall–Kier alpha value is -3.13. The fourth-order valence-corrected chi connectivity index (χ4v) is 3.45. The van der Waals surface area contributed by atoms with Gasteiger partial charge in [-0.15, -0.1) is 0 Å². The Morgan fingerprint density at radius 3 is 2.11 bits per heavy atom. The molecule has 0 aromatic heterocycles. The van der Waals surface area contributed by atoms with E-state index in [-0.39, 0.29) is 0 Å². The first-order chi connectivity index (χ1) is 12.8. The molecule has 4 N–H and O–H groups in total. The molecule has 3 aromatic rings. The minimum absolute atomic E-state index is 0.301. The lowest BCUT2D eigenvalue weighted by molar-refractivity contribution is 0.381. The molecule has 136 valence electrons. The number of fused-ring (bicyclic) bond motifs is 7. The lowest BCUT2D eigenvalue weighted by atomic mass is 9.96. The molecule has 2 aliphatic rings. The monoisotopic (exact) mass is 381 g/mol. The lowest BCUT2D eigenvalue weighted by Gasteiger charge is -2.13. The van der Waals surface area contributed by atoms with Crippen LogP contribution in [-0.4, -0.2) is 27.6 Å². The molecule has 7 heteroatoms. The van der Waals surface area contributed by atoms with Gasteiger partial charge in [0.1, 0.15) is 5.75 Å². The van der Waals surface area contributed by atoms with Gasteiger partial charge in [0.25, 0.3) is 0 Å². The Labute approximate surface area is 154 Å². The maximum absolute atomic E-state index is 9.89. The largest absolute Gasteiger partial charge is 0.508 e. The van der Waals surface area contributed by atoms with Crippen LogP contribution < -0.4 is 0 Å². The van der Waals surface area contributed by atoms with Crippen molar-refractivity contribution in [3.8, 4) is 17.0 Å². The van der Waals surface area contributed by atoms with Gasteiger partial charge in [-0.2, -0.15) is 8.42 Å². The molecule has 3 aromatic carbocycles. The van der Waals surface area contributed by atoms with E-state index in [0.717, 1.165) is 27.4 Å². The SMILES string of the molecule is O=S(=O)(O)O.Oc1ccc2c(c1)c1ccccc1c1[nH]c3cccc-3cc21. The molecule has 0 fully saturated rings. The van der Waals surface area contributed by atoms with E-state index in [0.29, 0.717) is 5.75 Å². The number of aromatic nitrogens is 1. The van der Waals surface area contributed by atoms with Gasteiger partial charge in [0, 0.05) is 16.5 Å². The van der Waals surface area contributed by atoms with Crippen molar-refractivity contribution in [1.29, 1.82) is 0 Å². The topological polar surface area (TPSA) is 111 Å². The van der Waals surface area contributed by atoms with Crippen LogP contribution in [-0.2, 0) is 10.4 Å². The molecule has 6 nitrogen and oxygen atoms in total. The van der Waals surface area contributed by atoms with E-state index in [2.05, 4.69) is 47.4 Å². The van der Waals surface area contributed by atoms with Crippen LogP contribution >= 0.6 is 0 Å². The van der Waals surface area contributed by atoms with Crippen molar-refractivity contribution in [2.24, 2.45) is 0 Å². The molecule has 1 heterocycles. The summed E-state index contributed by atoms with van der Waals surface area (Å²) in [5.41, 5.74) is 3.50. The van der Waals surface area contributed by atoms with Crippen LogP contribution in [0, 0.1) is 0 Å². The van der Waals surface area contributed by atoms with Crippen molar-refractivity contribution in [3.63, 3.8) is 0 Å². The van der Waals surface area contributed by atoms with Crippen molar-refractivity contribution in [1.82, 2.24) is 4.98 Å². The normalized spacial score (nSPS) is 11.8. The maximum atomic E-state index is 9.89. The van der Waals surface area contributed by atoms with Gasteiger partial charge >= 0.3 is 10.4 Å². The number of nitrogens with one attached hydrogen (secondary N) is 1. The molecule has 0 saturated carbocycles. The van der Waals surface area contributed by atoms with Crippen LogP contribution in [0.5, 0.6) is 5.75 Å². The molecule has 1 aliphatic heterocycles. The highest BCUT2D eigenvalue weighted by atomic mass is 32.3. The predicted octanol–water partition coefficient (Wildman–Crippen LogP) is 4.63. The number of phenolic OH excluding ortho intramolecular Hbond substituents is 1. The summed E-state index contributed by atoms with van der Waals surface area (Å²) in [5, 5.41) is 15.7. The van der Waals surface area contributed by atoms with Crippen LogP contribution in [0.25, 0.3) is 43.7 Å². The fourth-order valence-electron chi connectivity index (χ4n) is 3.45. The summed E-state index contributed by atoms with van der Waals surface area (Å²) < 4.78 is 31.6. The van der Waals surface area contributed by atoms with E-state index in [1.54, 1.807) is 6.07 Å². The van der Waals surface area contributed by atoms with E-state index in [4.69, 9.17) is 17.5 Å². The minimum atomic E-state index is -4.67. The molecule has 5 rings (SSSR count). The number of rotatable bonds is 0. The molecule has 0 radical (unpaired) electrons. The minimum Gasteiger partial charge on any atom is -0.508 e. The van der Waals surface area contributed by atoms with E-state index in [1.165, 1.54) is 16.3 Å². The molecule has 27 heavy (non-hydrogen) atoms. The number of H-pyrrole nitrogens is 1. The second-order valence-electron chi connectivity index (χ2n) is 6.18. The van der Waals surface area contributed by atoms with E-state index < -0.39 is 10.4 Å². The van der Waals surface area contributed by atoms with Gasteiger partial charge in [-0.3, -0.25) is 9.11 Å². The quantitative estimate of drug-likeness (QED) is 0.231. The molecule has 0 unspecified atom stereocenters. The number of hydrogen-bond acceptors (Lipinski definition) is 3. The highest BCUT2D eigenvalue weighted by Gasteiger charge is 2.12. The number of phenols is 1. The molecule has 0 saturated heterocycles. The number of hydrogen-bond donors (Lipinski definition) is 4. The number of aromatic hydroxyl groups is 1. The van der Waals surface area contributed by atoms with Gasteiger partial charge in [0.05, 0.1) is 5.52 Å². The average molecular weight is 381 g/mol. The van der Waals surface area contributed by atoms with E-state index in [9.17, 15) is 5.11 Å². The second kappa shape index (κ2) is 6.24. The summed E-state index contributed by atoms with van der Waals surface area (Å²) in [5.74, 6) is 0.301. The lowest BCUT2D eigenvalue weighted by Crippen LogP contribution is -1.89. The van der Waals surface area contributed by atoms with Crippen molar-refractivity contribution in [3.05, 3.63) is 66.7 Å². The van der Waals surface area contributed by atoms with Crippen molar-refractivity contribution in [2.75, 3.05) is 0 Å². The van der Waals surface area contributed by atoms with Gasteiger partial charge in [-0.1, -0.05) is 42.5 Å². The molecule has 1 aliphatic carbocycles. The van der Waals surface area contributed by atoms with Crippen molar-refractivity contribution in [2.45, 2.75) is 0 Å². The van der Waals surface area contributed by atoms with Crippen LogP contribution in [0.15, 0.2) is 66.7 Å². The highest BCUT2D eigenvalue weighted by molar-refractivity contribution is 7.79. The third-order valence-corrected chi connectivity index (χ3v) is 4.46. The number of benzene rings is 3. The van der Waals surface area contributed by atoms with Gasteiger partial charge in [-0.25, -0.2) is 0 Å². The van der Waals surface area contributed by atoms with Crippen LogP contribution in [0.1, 0.15) is 0 Å². The first-order valence-electron chi connectivity index (χ1n) is 8.06. The molecule has 0 amide bonds.